The number of carbonyl (C=O) groups excluding carboxylic acids is 3. The van der Waals surface area contributed by atoms with E-state index in [1.807, 2.05) is 99.6 Å². The predicted molar refractivity (Wildman–Crippen MR) is 268 cm³/mol. The lowest BCUT2D eigenvalue weighted by Crippen LogP contribution is -2.45. The number of benzene rings is 5. The van der Waals surface area contributed by atoms with Crippen LogP contribution in [0.1, 0.15) is 156 Å². The first-order valence-electron chi connectivity index (χ1n) is 24.6. The number of rotatable bonds is 14. The number of ether oxygens (including phenoxy) is 3. The number of amides is 2. The fourth-order valence-corrected chi connectivity index (χ4v) is 10.3. The fourth-order valence-electron chi connectivity index (χ4n) is 10.0. The second-order valence-corrected chi connectivity index (χ2v) is 19.9. The van der Waals surface area contributed by atoms with Gasteiger partial charge < -0.3 is 24.8 Å². The monoisotopic (exact) mass is 924 g/mol. The van der Waals surface area contributed by atoms with E-state index in [9.17, 15) is 14.4 Å². The van der Waals surface area contributed by atoms with Gasteiger partial charge in [-0.1, -0.05) is 204 Å². The number of hydrogen-bond donors (Lipinski definition) is 2. The number of alkyl carbamates (subject to hydrolysis) is 1. The van der Waals surface area contributed by atoms with E-state index >= 15 is 0 Å². The van der Waals surface area contributed by atoms with Gasteiger partial charge in [-0.15, -0.1) is 0 Å². The average molecular weight is 926 g/mol. The molecule has 2 aliphatic carbocycles. The second-order valence-electron chi connectivity index (χ2n) is 19.5. The summed E-state index contributed by atoms with van der Waals surface area (Å²) in [5.74, 6) is -0.633. The SMILES string of the molecule is CC(C)(C)NC(=O)COC[C@H](CC(=O)OC(c1ccccc1)(c1ccc(C2CCCCCCCCCCCCC2)cc1)c1ccccc1Cl)NC(=O)OCC1c2ccccc2-c2ccccc21. The maximum atomic E-state index is 14.8. The van der Waals surface area contributed by atoms with Gasteiger partial charge in [0.2, 0.25) is 5.91 Å². The zero-order valence-electron chi connectivity index (χ0n) is 39.7. The minimum Gasteiger partial charge on any atom is -0.449 e. The molecule has 5 aromatic rings. The van der Waals surface area contributed by atoms with Gasteiger partial charge in [-0.3, -0.25) is 9.59 Å². The molecule has 2 N–H and O–H groups in total. The van der Waals surface area contributed by atoms with Crippen molar-refractivity contribution in [3.63, 3.8) is 0 Å². The molecule has 9 heteroatoms. The van der Waals surface area contributed by atoms with E-state index in [1.54, 1.807) is 0 Å². The van der Waals surface area contributed by atoms with Crippen LogP contribution in [0.3, 0.4) is 0 Å². The summed E-state index contributed by atoms with van der Waals surface area (Å²) in [6.45, 7) is 5.33. The van der Waals surface area contributed by atoms with E-state index in [2.05, 4.69) is 59.2 Å². The lowest BCUT2D eigenvalue weighted by atomic mass is 9.78. The Bertz CT molecular complexity index is 2320. The van der Waals surface area contributed by atoms with Crippen LogP contribution in [0.2, 0.25) is 5.02 Å². The molecular formula is C58H69ClN2O6. The molecule has 2 atom stereocenters. The number of hydrogen-bond acceptors (Lipinski definition) is 6. The van der Waals surface area contributed by atoms with Crippen LogP contribution >= 0.6 is 11.6 Å². The van der Waals surface area contributed by atoms with Crippen molar-refractivity contribution in [1.29, 1.82) is 0 Å². The Kier molecular flexibility index (Phi) is 17.7. The average Bonchev–Trinajstić information content (AvgIpc) is 3.64. The maximum Gasteiger partial charge on any atom is 0.407 e. The number of esters is 1. The summed E-state index contributed by atoms with van der Waals surface area (Å²) >= 11 is 7.10. The molecule has 2 amide bonds. The Hall–Kier alpha value is -5.44. The second kappa shape index (κ2) is 24.0. The van der Waals surface area contributed by atoms with E-state index < -0.39 is 29.2 Å². The van der Waals surface area contributed by atoms with Crippen molar-refractivity contribution in [2.24, 2.45) is 0 Å². The van der Waals surface area contributed by atoms with Crippen LogP contribution in [0, 0.1) is 0 Å². The highest BCUT2D eigenvalue weighted by molar-refractivity contribution is 6.31. The summed E-state index contributed by atoms with van der Waals surface area (Å²) in [4.78, 5) is 41.3. The molecule has 0 aliphatic heterocycles. The highest BCUT2D eigenvalue weighted by Gasteiger charge is 2.43. The quantitative estimate of drug-likeness (QED) is 0.0849. The number of fused-ring (bicyclic) bond motifs is 3. The molecular weight excluding hydrogens is 856 g/mol. The van der Waals surface area contributed by atoms with Crippen LogP contribution < -0.4 is 10.6 Å². The van der Waals surface area contributed by atoms with E-state index in [0.29, 0.717) is 16.5 Å². The lowest BCUT2D eigenvalue weighted by Gasteiger charge is -2.36. The molecule has 67 heavy (non-hydrogen) atoms. The van der Waals surface area contributed by atoms with Crippen molar-refractivity contribution < 1.29 is 28.6 Å². The van der Waals surface area contributed by atoms with Gasteiger partial charge in [-0.2, -0.15) is 0 Å². The fraction of sp³-hybridized carbons (Fsp3) is 0.431. The topological polar surface area (TPSA) is 103 Å². The molecule has 1 fully saturated rings. The Labute approximate surface area is 403 Å². The summed E-state index contributed by atoms with van der Waals surface area (Å²) < 4.78 is 18.7. The predicted octanol–water partition coefficient (Wildman–Crippen LogP) is 13.6. The zero-order valence-corrected chi connectivity index (χ0v) is 40.5. The molecule has 5 aromatic carbocycles. The molecule has 1 saturated carbocycles. The Morgan fingerprint density at radius 2 is 1.16 bits per heavy atom. The standard InChI is InChI=1S/C58H69ClN2O6/c1-57(2,3)61-54(62)41-65-39-46(60-56(64)66-40-51-49-30-20-18-28-47(49)48-29-19-21-31-50(48)51)38-55(63)67-58(44-26-16-13-17-27-44,52-32-22-23-33-53(52)59)45-36-34-43(35-37-45)42-24-14-11-9-7-5-4-6-8-10-12-15-25-42/h13,16-23,26-37,42,46,51H,4-12,14-15,24-25,38-41H2,1-3H3,(H,60,64)(H,61,62)/t46-,58?/m0/s1. The summed E-state index contributed by atoms with van der Waals surface area (Å²) in [5, 5.41) is 6.23. The normalized spacial score (nSPS) is 16.6. The molecule has 0 aromatic heterocycles. The highest BCUT2D eigenvalue weighted by Crippen LogP contribution is 2.46. The van der Waals surface area contributed by atoms with Gasteiger partial charge in [-0.25, -0.2) is 4.79 Å². The number of carbonyl (C=O) groups is 3. The van der Waals surface area contributed by atoms with Gasteiger partial charge in [0.05, 0.1) is 19.1 Å². The first-order chi connectivity index (χ1) is 32.5. The first kappa shape index (κ1) is 49.5. The van der Waals surface area contributed by atoms with Crippen molar-refractivity contribution in [3.05, 3.63) is 166 Å². The van der Waals surface area contributed by atoms with Gasteiger partial charge in [0.1, 0.15) is 13.2 Å². The summed E-state index contributed by atoms with van der Waals surface area (Å²) in [7, 11) is 0. The van der Waals surface area contributed by atoms with Crippen LogP contribution in [-0.4, -0.2) is 49.4 Å². The third kappa shape index (κ3) is 13.4. The molecule has 0 heterocycles. The lowest BCUT2D eigenvalue weighted by molar-refractivity contribution is -0.154. The van der Waals surface area contributed by atoms with Gasteiger partial charge in [0.15, 0.2) is 5.60 Å². The van der Waals surface area contributed by atoms with Crippen LogP contribution in [0.15, 0.2) is 127 Å². The molecule has 0 spiro atoms. The van der Waals surface area contributed by atoms with Gasteiger partial charge in [-0.05, 0) is 73.4 Å². The molecule has 1 unspecified atom stereocenters. The Morgan fingerprint density at radius 3 is 1.75 bits per heavy atom. The Balaban J connectivity index is 1.15. The van der Waals surface area contributed by atoms with Crippen molar-refractivity contribution in [2.75, 3.05) is 19.8 Å². The van der Waals surface area contributed by atoms with E-state index in [1.165, 1.54) is 76.2 Å². The molecule has 2 aliphatic rings. The first-order valence-corrected chi connectivity index (χ1v) is 25.0. The van der Waals surface area contributed by atoms with E-state index in [0.717, 1.165) is 46.2 Å². The van der Waals surface area contributed by atoms with Crippen LogP contribution in [-0.2, 0) is 29.4 Å². The highest BCUT2D eigenvalue weighted by atomic mass is 35.5. The molecule has 7 rings (SSSR count). The smallest absolute Gasteiger partial charge is 0.407 e. The van der Waals surface area contributed by atoms with Crippen molar-refractivity contribution in [3.8, 4) is 11.1 Å². The number of nitrogens with one attached hydrogen (secondary N) is 2. The van der Waals surface area contributed by atoms with Gasteiger partial charge in [0.25, 0.3) is 0 Å². The van der Waals surface area contributed by atoms with Crippen molar-refractivity contribution >= 4 is 29.6 Å². The minimum atomic E-state index is -1.46. The van der Waals surface area contributed by atoms with E-state index in [4.69, 9.17) is 25.8 Å². The maximum absolute atomic E-state index is 14.8. The van der Waals surface area contributed by atoms with Crippen molar-refractivity contribution in [2.45, 2.75) is 140 Å². The van der Waals surface area contributed by atoms with Gasteiger partial charge >= 0.3 is 12.1 Å². The molecule has 354 valence electrons. The molecule has 8 nitrogen and oxygen atoms in total. The number of halogens is 1. The Morgan fingerprint density at radius 1 is 0.642 bits per heavy atom. The van der Waals surface area contributed by atoms with Crippen LogP contribution in [0.25, 0.3) is 11.1 Å². The van der Waals surface area contributed by atoms with Gasteiger partial charge in [0, 0.05) is 33.2 Å². The zero-order chi connectivity index (χ0) is 47.1. The summed E-state index contributed by atoms with van der Waals surface area (Å²) in [6, 6.07) is 41.1. The van der Waals surface area contributed by atoms with E-state index in [-0.39, 0.29) is 38.1 Å². The largest absolute Gasteiger partial charge is 0.449 e. The summed E-state index contributed by atoms with van der Waals surface area (Å²) in [5.41, 5.74) is 5.86. The summed E-state index contributed by atoms with van der Waals surface area (Å²) in [6.07, 6.45) is 15.6. The molecule has 0 bridgehead atoms. The minimum absolute atomic E-state index is 0.0896. The van der Waals surface area contributed by atoms with Crippen LogP contribution in [0.4, 0.5) is 4.79 Å². The molecule has 0 saturated heterocycles. The third-order valence-corrected chi connectivity index (χ3v) is 13.6. The third-order valence-electron chi connectivity index (χ3n) is 13.2. The molecule has 0 radical (unpaired) electrons. The van der Waals surface area contributed by atoms with Crippen LogP contribution in [0.5, 0.6) is 0 Å². The van der Waals surface area contributed by atoms with Crippen molar-refractivity contribution in [1.82, 2.24) is 10.6 Å².